The number of likely N-dealkylation sites (N-methyl/N-ethyl adjacent to an activating group) is 1. The average molecular weight is 440 g/mol. The SMILES string of the molecule is C[C@H](NC(=O)[C@@H]1CCCN1C(=O)CN)c1ccc(N2CCN(C)CC2)cc1/C=C/C1CC1. The maximum atomic E-state index is 13.0. The molecular weight excluding hydrogens is 402 g/mol. The van der Waals surface area contributed by atoms with Crippen molar-refractivity contribution in [2.45, 2.75) is 44.7 Å². The molecular formula is C25H37N5O2. The van der Waals surface area contributed by atoms with E-state index in [-0.39, 0.29) is 24.4 Å². The molecule has 0 aromatic heterocycles. The fraction of sp³-hybridized carbons (Fsp3) is 0.600. The minimum absolute atomic E-state index is 0.0524. The highest BCUT2D eigenvalue weighted by molar-refractivity contribution is 5.89. The first kappa shape index (κ1) is 22.8. The number of nitrogens with zero attached hydrogens (tertiary/aromatic N) is 3. The molecule has 2 atom stereocenters. The van der Waals surface area contributed by atoms with Gasteiger partial charge in [-0.15, -0.1) is 0 Å². The van der Waals surface area contributed by atoms with Crippen molar-refractivity contribution >= 4 is 23.6 Å². The van der Waals surface area contributed by atoms with Crippen LogP contribution in [0.25, 0.3) is 6.08 Å². The second-order valence-corrected chi connectivity index (χ2v) is 9.48. The molecule has 2 aliphatic heterocycles. The number of nitrogens with two attached hydrogens (primary N) is 1. The first-order valence-corrected chi connectivity index (χ1v) is 12.0. The minimum atomic E-state index is -0.413. The third-order valence-corrected chi connectivity index (χ3v) is 6.98. The summed E-state index contributed by atoms with van der Waals surface area (Å²) in [5.41, 5.74) is 9.06. The van der Waals surface area contributed by atoms with Gasteiger partial charge in [-0.05, 0) is 68.8 Å². The lowest BCUT2D eigenvalue weighted by Gasteiger charge is -2.34. The quantitative estimate of drug-likeness (QED) is 0.679. The van der Waals surface area contributed by atoms with Crippen molar-refractivity contribution in [3.05, 3.63) is 35.4 Å². The summed E-state index contributed by atoms with van der Waals surface area (Å²) in [6.45, 7) is 6.78. The topological polar surface area (TPSA) is 81.9 Å². The molecule has 3 fully saturated rings. The van der Waals surface area contributed by atoms with Crippen molar-refractivity contribution in [1.82, 2.24) is 15.1 Å². The van der Waals surface area contributed by atoms with Crippen LogP contribution in [0, 0.1) is 5.92 Å². The number of carbonyl (C=O) groups excluding carboxylic acids is 2. The van der Waals surface area contributed by atoms with E-state index >= 15 is 0 Å². The van der Waals surface area contributed by atoms with Crippen LogP contribution in [0.1, 0.15) is 49.8 Å². The van der Waals surface area contributed by atoms with Gasteiger partial charge < -0.3 is 25.8 Å². The molecule has 7 heteroatoms. The molecule has 1 aromatic rings. The third kappa shape index (κ3) is 5.33. The Morgan fingerprint density at radius 1 is 1.16 bits per heavy atom. The second-order valence-electron chi connectivity index (χ2n) is 9.48. The molecule has 0 spiro atoms. The smallest absolute Gasteiger partial charge is 0.243 e. The third-order valence-electron chi connectivity index (χ3n) is 6.98. The number of rotatable bonds is 7. The number of anilines is 1. The average Bonchev–Trinajstić information content (AvgIpc) is 3.50. The predicted octanol–water partition coefficient (Wildman–Crippen LogP) is 1.99. The van der Waals surface area contributed by atoms with Crippen molar-refractivity contribution in [2.24, 2.45) is 11.7 Å². The van der Waals surface area contributed by atoms with Gasteiger partial charge in [0.2, 0.25) is 11.8 Å². The summed E-state index contributed by atoms with van der Waals surface area (Å²) in [7, 11) is 2.17. The summed E-state index contributed by atoms with van der Waals surface area (Å²) in [6, 6.07) is 6.05. The Balaban J connectivity index is 1.50. The number of benzene rings is 1. The van der Waals surface area contributed by atoms with E-state index in [1.807, 2.05) is 6.92 Å². The first-order chi connectivity index (χ1) is 15.5. The van der Waals surface area contributed by atoms with Crippen LogP contribution < -0.4 is 16.0 Å². The van der Waals surface area contributed by atoms with Crippen LogP contribution in [0.4, 0.5) is 5.69 Å². The van der Waals surface area contributed by atoms with Crippen molar-refractivity contribution in [3.8, 4) is 0 Å². The van der Waals surface area contributed by atoms with Gasteiger partial charge in [0.25, 0.3) is 0 Å². The molecule has 32 heavy (non-hydrogen) atoms. The van der Waals surface area contributed by atoms with Crippen LogP contribution in [-0.4, -0.2) is 74.0 Å². The van der Waals surface area contributed by atoms with Gasteiger partial charge in [0.15, 0.2) is 0 Å². The van der Waals surface area contributed by atoms with Gasteiger partial charge in [0.05, 0.1) is 12.6 Å². The summed E-state index contributed by atoms with van der Waals surface area (Å²) in [4.78, 5) is 31.6. The molecule has 3 aliphatic rings. The maximum absolute atomic E-state index is 13.0. The van der Waals surface area contributed by atoms with E-state index in [1.165, 1.54) is 24.1 Å². The van der Waals surface area contributed by atoms with E-state index in [9.17, 15) is 9.59 Å². The highest BCUT2D eigenvalue weighted by Gasteiger charge is 2.34. The zero-order valence-corrected chi connectivity index (χ0v) is 19.4. The largest absolute Gasteiger partial charge is 0.369 e. The Bertz CT molecular complexity index is 858. The summed E-state index contributed by atoms with van der Waals surface area (Å²) in [5, 5.41) is 3.17. The van der Waals surface area contributed by atoms with Crippen LogP contribution in [0.15, 0.2) is 24.3 Å². The Kier molecular flexibility index (Phi) is 7.16. The first-order valence-electron chi connectivity index (χ1n) is 12.0. The molecule has 0 bridgehead atoms. The predicted molar refractivity (Wildman–Crippen MR) is 128 cm³/mol. The minimum Gasteiger partial charge on any atom is -0.369 e. The van der Waals surface area contributed by atoms with E-state index in [0.29, 0.717) is 18.9 Å². The van der Waals surface area contributed by atoms with E-state index in [1.54, 1.807) is 4.90 Å². The monoisotopic (exact) mass is 439 g/mol. The number of piperazine rings is 1. The Morgan fingerprint density at radius 3 is 2.59 bits per heavy atom. The Hall–Kier alpha value is -2.38. The lowest BCUT2D eigenvalue weighted by atomic mass is 9.98. The molecule has 2 amide bonds. The van der Waals surface area contributed by atoms with Crippen molar-refractivity contribution < 1.29 is 9.59 Å². The van der Waals surface area contributed by atoms with E-state index < -0.39 is 6.04 Å². The maximum Gasteiger partial charge on any atom is 0.243 e. The highest BCUT2D eigenvalue weighted by Crippen LogP contribution is 2.33. The lowest BCUT2D eigenvalue weighted by molar-refractivity contribution is -0.137. The molecule has 0 unspecified atom stereocenters. The lowest BCUT2D eigenvalue weighted by Crippen LogP contribution is -2.48. The molecule has 7 nitrogen and oxygen atoms in total. The van der Waals surface area contributed by atoms with Crippen LogP contribution in [0.2, 0.25) is 0 Å². The molecule has 1 aliphatic carbocycles. The molecule has 174 valence electrons. The van der Waals surface area contributed by atoms with E-state index in [2.05, 4.69) is 52.5 Å². The number of amides is 2. The van der Waals surface area contributed by atoms with Crippen molar-refractivity contribution in [3.63, 3.8) is 0 Å². The van der Waals surface area contributed by atoms with Crippen molar-refractivity contribution in [2.75, 3.05) is 51.2 Å². The number of hydrogen-bond donors (Lipinski definition) is 2. The summed E-state index contributed by atoms with van der Waals surface area (Å²) >= 11 is 0. The molecule has 4 rings (SSSR count). The number of likely N-dealkylation sites (tertiary alicyclic amines) is 1. The highest BCUT2D eigenvalue weighted by atomic mass is 16.2. The Morgan fingerprint density at radius 2 is 1.91 bits per heavy atom. The Labute approximate surface area is 191 Å². The van der Waals surface area contributed by atoms with Crippen LogP contribution in [0.5, 0.6) is 0 Å². The molecule has 0 radical (unpaired) electrons. The van der Waals surface area contributed by atoms with E-state index in [0.717, 1.165) is 38.2 Å². The molecule has 1 aromatic carbocycles. The fourth-order valence-corrected chi connectivity index (χ4v) is 4.73. The molecule has 3 N–H and O–H groups in total. The van der Waals surface area contributed by atoms with Crippen molar-refractivity contribution in [1.29, 1.82) is 0 Å². The van der Waals surface area contributed by atoms with Gasteiger partial charge in [-0.3, -0.25) is 9.59 Å². The zero-order valence-electron chi connectivity index (χ0n) is 19.4. The number of carbonyl (C=O) groups is 2. The zero-order chi connectivity index (χ0) is 22.7. The van der Waals surface area contributed by atoms with Crippen LogP contribution >= 0.6 is 0 Å². The van der Waals surface area contributed by atoms with Gasteiger partial charge in [-0.25, -0.2) is 0 Å². The number of nitrogens with one attached hydrogen (secondary N) is 1. The molecule has 1 saturated carbocycles. The van der Waals surface area contributed by atoms with Gasteiger partial charge >= 0.3 is 0 Å². The fourth-order valence-electron chi connectivity index (χ4n) is 4.73. The van der Waals surface area contributed by atoms with Gasteiger partial charge in [-0.2, -0.15) is 0 Å². The van der Waals surface area contributed by atoms with Gasteiger partial charge in [0, 0.05) is 38.4 Å². The molecule has 2 heterocycles. The summed E-state index contributed by atoms with van der Waals surface area (Å²) in [5.74, 6) is 0.450. The second kappa shape index (κ2) is 10.0. The van der Waals surface area contributed by atoms with E-state index in [4.69, 9.17) is 5.73 Å². The standard InChI is InChI=1S/C25H37N5O2/c1-18(27-25(32)23-4-3-11-30(23)24(31)17-26)22-10-9-21(29-14-12-28(2)13-15-29)16-20(22)8-7-19-5-6-19/h7-10,16,18-19,23H,3-6,11-15,17,26H2,1-2H3,(H,27,32)/b8-7+/t18-,23-/m0/s1. The van der Waals surface area contributed by atoms with Crippen LogP contribution in [0.3, 0.4) is 0 Å². The summed E-state index contributed by atoms with van der Waals surface area (Å²) in [6.07, 6.45) is 8.61. The summed E-state index contributed by atoms with van der Waals surface area (Å²) < 4.78 is 0. The van der Waals surface area contributed by atoms with Crippen LogP contribution in [-0.2, 0) is 9.59 Å². The van der Waals surface area contributed by atoms with Gasteiger partial charge in [-0.1, -0.05) is 18.2 Å². The normalized spacial score (nSPS) is 23.0. The van der Waals surface area contributed by atoms with Gasteiger partial charge in [0.1, 0.15) is 6.04 Å². The number of allylic oxidation sites excluding steroid dienone is 1. The number of hydrogen-bond acceptors (Lipinski definition) is 5. The molecule has 2 saturated heterocycles.